The van der Waals surface area contributed by atoms with Crippen LogP contribution in [0.2, 0.25) is 0 Å². The standard InChI is InChI=1S/C15H22N2O3/c1-3-13-12(6-9-19-13)14-11-17-15(20-14)5-4-7-16-8-10-18-2/h6,9,11,16H,3-5,7-8,10H2,1-2H3. The van der Waals surface area contributed by atoms with Gasteiger partial charge in [0.05, 0.1) is 24.6 Å². The molecule has 0 bridgehead atoms. The highest BCUT2D eigenvalue weighted by Gasteiger charge is 2.12. The molecular weight excluding hydrogens is 256 g/mol. The molecule has 20 heavy (non-hydrogen) atoms. The summed E-state index contributed by atoms with van der Waals surface area (Å²) in [5.74, 6) is 2.50. The van der Waals surface area contributed by atoms with Gasteiger partial charge in [-0.1, -0.05) is 6.92 Å². The summed E-state index contributed by atoms with van der Waals surface area (Å²) in [5, 5.41) is 3.30. The third-order valence-corrected chi connectivity index (χ3v) is 3.11. The van der Waals surface area contributed by atoms with Crippen molar-refractivity contribution in [2.45, 2.75) is 26.2 Å². The van der Waals surface area contributed by atoms with Gasteiger partial charge in [-0.3, -0.25) is 0 Å². The van der Waals surface area contributed by atoms with Gasteiger partial charge in [-0.15, -0.1) is 0 Å². The number of rotatable bonds is 9. The molecule has 0 aliphatic carbocycles. The lowest BCUT2D eigenvalue weighted by atomic mass is 10.2. The Hall–Kier alpha value is -1.59. The molecule has 0 fully saturated rings. The lowest BCUT2D eigenvalue weighted by Gasteiger charge is -2.02. The van der Waals surface area contributed by atoms with E-state index in [2.05, 4.69) is 17.2 Å². The van der Waals surface area contributed by atoms with Gasteiger partial charge < -0.3 is 18.9 Å². The first-order valence-electron chi connectivity index (χ1n) is 7.06. The Kier molecular flexibility index (Phi) is 5.83. The summed E-state index contributed by atoms with van der Waals surface area (Å²) in [5.41, 5.74) is 1.00. The molecule has 5 heteroatoms. The molecule has 2 rings (SSSR count). The van der Waals surface area contributed by atoms with Crippen LogP contribution >= 0.6 is 0 Å². The van der Waals surface area contributed by atoms with Crippen molar-refractivity contribution in [1.29, 1.82) is 0 Å². The van der Waals surface area contributed by atoms with E-state index in [0.717, 1.165) is 61.9 Å². The quantitative estimate of drug-likeness (QED) is 0.715. The van der Waals surface area contributed by atoms with Crippen molar-refractivity contribution in [1.82, 2.24) is 10.3 Å². The number of nitrogens with zero attached hydrogens (tertiary/aromatic N) is 1. The minimum Gasteiger partial charge on any atom is -0.469 e. The molecule has 2 heterocycles. The Balaban J connectivity index is 1.81. The minimum atomic E-state index is 0.740. The molecule has 0 atom stereocenters. The lowest BCUT2D eigenvalue weighted by Crippen LogP contribution is -2.20. The van der Waals surface area contributed by atoms with E-state index in [1.165, 1.54) is 0 Å². The van der Waals surface area contributed by atoms with E-state index >= 15 is 0 Å². The number of hydrogen-bond acceptors (Lipinski definition) is 5. The molecule has 0 spiro atoms. The van der Waals surface area contributed by atoms with E-state index < -0.39 is 0 Å². The Morgan fingerprint density at radius 3 is 3.05 bits per heavy atom. The second-order valence-corrected chi connectivity index (χ2v) is 4.58. The average Bonchev–Trinajstić information content (AvgIpc) is 3.10. The van der Waals surface area contributed by atoms with Gasteiger partial charge in [-0.05, 0) is 19.0 Å². The summed E-state index contributed by atoms with van der Waals surface area (Å²) in [6.45, 7) is 4.62. The summed E-state index contributed by atoms with van der Waals surface area (Å²) in [6.07, 6.45) is 6.14. The van der Waals surface area contributed by atoms with E-state index in [-0.39, 0.29) is 0 Å². The first kappa shape index (κ1) is 14.8. The maximum atomic E-state index is 5.77. The third-order valence-electron chi connectivity index (χ3n) is 3.11. The van der Waals surface area contributed by atoms with E-state index in [1.54, 1.807) is 19.6 Å². The second-order valence-electron chi connectivity index (χ2n) is 4.58. The topological polar surface area (TPSA) is 60.4 Å². The molecule has 0 radical (unpaired) electrons. The number of ether oxygens (including phenoxy) is 1. The molecule has 0 aliphatic rings. The molecule has 2 aromatic rings. The van der Waals surface area contributed by atoms with Crippen LogP contribution < -0.4 is 5.32 Å². The second kappa shape index (κ2) is 7.87. The van der Waals surface area contributed by atoms with Crippen molar-refractivity contribution in [3.63, 3.8) is 0 Å². The largest absolute Gasteiger partial charge is 0.469 e. The number of aromatic nitrogens is 1. The molecule has 0 aromatic carbocycles. The fourth-order valence-corrected chi connectivity index (χ4v) is 2.05. The van der Waals surface area contributed by atoms with Gasteiger partial charge in [0.1, 0.15) is 5.76 Å². The molecule has 0 amide bonds. The highest BCUT2D eigenvalue weighted by molar-refractivity contribution is 5.58. The molecule has 5 nitrogen and oxygen atoms in total. The first-order valence-corrected chi connectivity index (χ1v) is 7.06. The van der Waals surface area contributed by atoms with Crippen molar-refractivity contribution < 1.29 is 13.6 Å². The maximum Gasteiger partial charge on any atom is 0.194 e. The van der Waals surface area contributed by atoms with Crippen molar-refractivity contribution in [3.05, 3.63) is 30.2 Å². The van der Waals surface area contributed by atoms with Gasteiger partial charge in [-0.2, -0.15) is 0 Å². The van der Waals surface area contributed by atoms with E-state index in [0.29, 0.717) is 0 Å². The zero-order valence-electron chi connectivity index (χ0n) is 12.1. The Labute approximate surface area is 119 Å². The number of nitrogens with one attached hydrogen (secondary N) is 1. The molecule has 110 valence electrons. The molecular formula is C15H22N2O3. The molecule has 0 saturated heterocycles. The lowest BCUT2D eigenvalue weighted by molar-refractivity contribution is 0.199. The average molecular weight is 278 g/mol. The van der Waals surface area contributed by atoms with Crippen LogP contribution in [0.5, 0.6) is 0 Å². The van der Waals surface area contributed by atoms with Crippen molar-refractivity contribution >= 4 is 0 Å². The van der Waals surface area contributed by atoms with E-state index in [4.69, 9.17) is 13.6 Å². The van der Waals surface area contributed by atoms with Crippen LogP contribution in [0.1, 0.15) is 25.0 Å². The van der Waals surface area contributed by atoms with Gasteiger partial charge in [0.25, 0.3) is 0 Å². The number of oxazole rings is 1. The smallest absolute Gasteiger partial charge is 0.194 e. The van der Waals surface area contributed by atoms with Crippen LogP contribution in [0.15, 0.2) is 27.4 Å². The van der Waals surface area contributed by atoms with Crippen molar-refractivity contribution in [2.75, 3.05) is 26.8 Å². The number of furan rings is 1. The normalized spacial score (nSPS) is 11.1. The summed E-state index contributed by atoms with van der Waals surface area (Å²) in [7, 11) is 1.70. The molecule has 0 unspecified atom stereocenters. The first-order chi connectivity index (χ1) is 9.85. The fourth-order valence-electron chi connectivity index (χ4n) is 2.05. The summed E-state index contributed by atoms with van der Waals surface area (Å²) in [6, 6.07) is 1.93. The Bertz CT molecular complexity index is 505. The van der Waals surface area contributed by atoms with Gasteiger partial charge in [-0.25, -0.2) is 4.98 Å². The highest BCUT2D eigenvalue weighted by Crippen LogP contribution is 2.26. The summed E-state index contributed by atoms with van der Waals surface area (Å²) >= 11 is 0. The highest BCUT2D eigenvalue weighted by atomic mass is 16.5. The Morgan fingerprint density at radius 2 is 2.25 bits per heavy atom. The van der Waals surface area contributed by atoms with Crippen LogP contribution in [0.25, 0.3) is 11.3 Å². The van der Waals surface area contributed by atoms with Crippen LogP contribution in [0.4, 0.5) is 0 Å². The monoisotopic (exact) mass is 278 g/mol. The summed E-state index contributed by atoms with van der Waals surface area (Å²) in [4.78, 5) is 4.32. The van der Waals surface area contributed by atoms with Crippen LogP contribution in [-0.4, -0.2) is 31.8 Å². The van der Waals surface area contributed by atoms with Gasteiger partial charge in [0, 0.05) is 26.5 Å². The molecule has 0 aliphatic heterocycles. The van der Waals surface area contributed by atoms with E-state index in [9.17, 15) is 0 Å². The maximum absolute atomic E-state index is 5.77. The molecule has 0 saturated carbocycles. The fraction of sp³-hybridized carbons (Fsp3) is 0.533. The van der Waals surface area contributed by atoms with E-state index in [1.807, 2.05) is 6.07 Å². The predicted octanol–water partition coefficient (Wildman–Crippen LogP) is 2.67. The summed E-state index contributed by atoms with van der Waals surface area (Å²) < 4.78 is 16.1. The third kappa shape index (κ3) is 3.95. The predicted molar refractivity (Wildman–Crippen MR) is 76.6 cm³/mol. The molecule has 1 N–H and O–H groups in total. The minimum absolute atomic E-state index is 0.740. The van der Waals surface area contributed by atoms with Gasteiger partial charge >= 0.3 is 0 Å². The van der Waals surface area contributed by atoms with Crippen molar-refractivity contribution in [2.24, 2.45) is 0 Å². The number of methoxy groups -OCH3 is 1. The Morgan fingerprint density at radius 1 is 1.35 bits per heavy atom. The van der Waals surface area contributed by atoms with Crippen LogP contribution in [-0.2, 0) is 17.6 Å². The van der Waals surface area contributed by atoms with Crippen LogP contribution in [0.3, 0.4) is 0 Å². The molecule has 2 aromatic heterocycles. The SMILES string of the molecule is CCc1occc1-c1cnc(CCCNCCOC)o1. The zero-order valence-corrected chi connectivity index (χ0v) is 12.1. The van der Waals surface area contributed by atoms with Gasteiger partial charge in [0.2, 0.25) is 0 Å². The van der Waals surface area contributed by atoms with Crippen molar-refractivity contribution in [3.8, 4) is 11.3 Å². The van der Waals surface area contributed by atoms with Gasteiger partial charge in [0.15, 0.2) is 11.7 Å². The number of hydrogen-bond donors (Lipinski definition) is 1. The number of aryl methyl sites for hydroxylation is 2. The zero-order chi connectivity index (χ0) is 14.2. The van der Waals surface area contributed by atoms with Crippen LogP contribution in [0, 0.1) is 0 Å².